The molecule has 2 amide bonds. The van der Waals surface area contributed by atoms with Crippen LogP contribution >= 0.6 is 0 Å². The van der Waals surface area contributed by atoms with Crippen molar-refractivity contribution in [1.82, 2.24) is 29.8 Å². The van der Waals surface area contributed by atoms with Crippen LogP contribution in [0.4, 0.5) is 9.18 Å². The standard InChI is InChI=1S/C21H21FN6O/c1-14-4-9-19-16(10-14)11-17(20-23-24-25-28(19)20)13-27(21(29)26(2)3)12-15-5-7-18(22)8-6-15/h4-11H,12-13H2,1-3H3. The van der Waals surface area contributed by atoms with E-state index in [2.05, 4.69) is 21.6 Å². The molecule has 0 atom stereocenters. The average molecular weight is 392 g/mol. The van der Waals surface area contributed by atoms with Gasteiger partial charge < -0.3 is 9.80 Å². The Morgan fingerprint density at radius 3 is 2.55 bits per heavy atom. The highest BCUT2D eigenvalue weighted by Gasteiger charge is 2.20. The van der Waals surface area contributed by atoms with Gasteiger partial charge in [0.1, 0.15) is 5.82 Å². The maximum absolute atomic E-state index is 13.3. The number of amides is 2. The minimum Gasteiger partial charge on any atom is -0.331 e. The van der Waals surface area contributed by atoms with Crippen LogP contribution in [0.5, 0.6) is 0 Å². The zero-order valence-electron chi connectivity index (χ0n) is 16.5. The molecule has 0 aliphatic carbocycles. The van der Waals surface area contributed by atoms with Gasteiger partial charge in [-0.05, 0) is 53.2 Å². The number of tetrazole rings is 1. The molecule has 0 aliphatic heterocycles. The maximum Gasteiger partial charge on any atom is 0.320 e. The molecule has 0 aliphatic rings. The molecular formula is C21H21FN6O. The Morgan fingerprint density at radius 2 is 1.83 bits per heavy atom. The number of carbonyl (C=O) groups excluding carboxylic acids is 1. The minimum absolute atomic E-state index is 0.149. The number of halogens is 1. The molecular weight excluding hydrogens is 371 g/mol. The van der Waals surface area contributed by atoms with Gasteiger partial charge in [-0.1, -0.05) is 23.8 Å². The Bertz CT molecular complexity index is 1190. The van der Waals surface area contributed by atoms with Crippen LogP contribution in [0.15, 0.2) is 48.5 Å². The number of carbonyl (C=O) groups is 1. The second-order valence-electron chi connectivity index (χ2n) is 7.31. The van der Waals surface area contributed by atoms with Gasteiger partial charge in [-0.2, -0.15) is 4.52 Å². The van der Waals surface area contributed by atoms with Crippen LogP contribution in [-0.4, -0.2) is 50.0 Å². The van der Waals surface area contributed by atoms with Crippen molar-refractivity contribution < 1.29 is 9.18 Å². The van der Waals surface area contributed by atoms with Crippen molar-refractivity contribution in [2.45, 2.75) is 20.0 Å². The van der Waals surface area contributed by atoms with Crippen molar-refractivity contribution in [3.05, 3.63) is 71.0 Å². The van der Waals surface area contributed by atoms with E-state index in [1.807, 2.05) is 25.1 Å². The average Bonchev–Trinajstić information content (AvgIpc) is 3.18. The van der Waals surface area contributed by atoms with E-state index in [0.29, 0.717) is 18.7 Å². The number of hydrogen-bond donors (Lipinski definition) is 0. The summed E-state index contributed by atoms with van der Waals surface area (Å²) in [6.07, 6.45) is 0. The number of hydrogen-bond acceptors (Lipinski definition) is 4. The van der Waals surface area contributed by atoms with Crippen LogP contribution < -0.4 is 0 Å². The summed E-state index contributed by atoms with van der Waals surface area (Å²) in [5.74, 6) is -0.305. The molecule has 8 heteroatoms. The third-order valence-corrected chi connectivity index (χ3v) is 4.80. The summed E-state index contributed by atoms with van der Waals surface area (Å²) < 4.78 is 15.0. The SMILES string of the molecule is Cc1ccc2c(c1)cc(CN(Cc1ccc(F)cc1)C(=O)N(C)C)c1nnnn12. The summed E-state index contributed by atoms with van der Waals surface area (Å²) in [7, 11) is 3.41. The van der Waals surface area contributed by atoms with Crippen molar-refractivity contribution in [3.63, 3.8) is 0 Å². The number of nitrogens with zero attached hydrogens (tertiary/aromatic N) is 6. The molecule has 0 fully saturated rings. The van der Waals surface area contributed by atoms with Gasteiger partial charge >= 0.3 is 6.03 Å². The van der Waals surface area contributed by atoms with E-state index in [0.717, 1.165) is 27.6 Å². The zero-order chi connectivity index (χ0) is 20.5. The third-order valence-electron chi connectivity index (χ3n) is 4.80. The van der Waals surface area contributed by atoms with Gasteiger partial charge in [-0.15, -0.1) is 5.10 Å². The van der Waals surface area contributed by atoms with E-state index in [1.165, 1.54) is 17.0 Å². The van der Waals surface area contributed by atoms with E-state index in [-0.39, 0.29) is 11.8 Å². The lowest BCUT2D eigenvalue weighted by molar-refractivity contribution is 0.165. The number of aryl methyl sites for hydroxylation is 1. The molecule has 148 valence electrons. The highest BCUT2D eigenvalue weighted by molar-refractivity contribution is 5.84. The van der Waals surface area contributed by atoms with Crippen molar-refractivity contribution in [2.24, 2.45) is 0 Å². The topological polar surface area (TPSA) is 66.6 Å². The van der Waals surface area contributed by atoms with Crippen LogP contribution in [0, 0.1) is 12.7 Å². The monoisotopic (exact) mass is 392 g/mol. The molecule has 0 N–H and O–H groups in total. The highest BCUT2D eigenvalue weighted by Crippen LogP contribution is 2.22. The lowest BCUT2D eigenvalue weighted by atomic mass is 10.1. The van der Waals surface area contributed by atoms with E-state index < -0.39 is 0 Å². The lowest BCUT2D eigenvalue weighted by Gasteiger charge is -2.26. The normalized spacial score (nSPS) is 11.2. The van der Waals surface area contributed by atoms with Gasteiger partial charge in [0.25, 0.3) is 0 Å². The number of urea groups is 1. The van der Waals surface area contributed by atoms with Crippen LogP contribution in [0.3, 0.4) is 0 Å². The molecule has 0 unspecified atom stereocenters. The fourth-order valence-electron chi connectivity index (χ4n) is 3.39. The first-order valence-electron chi connectivity index (χ1n) is 9.23. The summed E-state index contributed by atoms with van der Waals surface area (Å²) in [4.78, 5) is 16.0. The first kappa shape index (κ1) is 18.8. The molecule has 4 rings (SSSR count). The van der Waals surface area contributed by atoms with E-state index >= 15 is 0 Å². The second kappa shape index (κ2) is 7.46. The first-order valence-corrected chi connectivity index (χ1v) is 9.23. The summed E-state index contributed by atoms with van der Waals surface area (Å²) in [5, 5.41) is 13.1. The molecule has 0 saturated heterocycles. The van der Waals surface area contributed by atoms with E-state index in [1.54, 1.807) is 35.6 Å². The fourth-order valence-corrected chi connectivity index (χ4v) is 3.39. The molecule has 0 spiro atoms. The van der Waals surface area contributed by atoms with Gasteiger partial charge in [-0.25, -0.2) is 9.18 Å². The summed E-state index contributed by atoms with van der Waals surface area (Å²) in [5.41, 5.74) is 4.32. The third kappa shape index (κ3) is 3.73. The second-order valence-corrected chi connectivity index (χ2v) is 7.31. The molecule has 2 aromatic carbocycles. The molecule has 0 radical (unpaired) electrons. The predicted molar refractivity (Wildman–Crippen MR) is 108 cm³/mol. The predicted octanol–water partition coefficient (Wildman–Crippen LogP) is 3.41. The van der Waals surface area contributed by atoms with Crippen molar-refractivity contribution >= 4 is 22.6 Å². The van der Waals surface area contributed by atoms with Crippen molar-refractivity contribution in [3.8, 4) is 0 Å². The largest absolute Gasteiger partial charge is 0.331 e. The van der Waals surface area contributed by atoms with Gasteiger partial charge in [-0.3, -0.25) is 0 Å². The summed E-state index contributed by atoms with van der Waals surface area (Å²) in [6, 6.07) is 14.1. The molecule has 29 heavy (non-hydrogen) atoms. The van der Waals surface area contributed by atoms with Crippen LogP contribution in [0.1, 0.15) is 16.7 Å². The van der Waals surface area contributed by atoms with Gasteiger partial charge in [0.2, 0.25) is 0 Å². The summed E-state index contributed by atoms with van der Waals surface area (Å²) in [6.45, 7) is 2.69. The molecule has 2 heterocycles. The van der Waals surface area contributed by atoms with Gasteiger partial charge in [0.15, 0.2) is 5.65 Å². The Balaban J connectivity index is 1.76. The smallest absolute Gasteiger partial charge is 0.320 e. The van der Waals surface area contributed by atoms with Gasteiger partial charge in [0, 0.05) is 31.6 Å². The van der Waals surface area contributed by atoms with Crippen molar-refractivity contribution in [1.29, 1.82) is 0 Å². The number of benzene rings is 2. The number of pyridine rings is 1. The molecule has 0 saturated carbocycles. The number of aromatic nitrogens is 4. The number of fused-ring (bicyclic) bond motifs is 3. The summed E-state index contributed by atoms with van der Waals surface area (Å²) >= 11 is 0. The molecule has 4 aromatic rings. The number of rotatable bonds is 4. The highest BCUT2D eigenvalue weighted by atomic mass is 19.1. The Hall–Kier alpha value is -3.55. The Morgan fingerprint density at radius 1 is 1.07 bits per heavy atom. The maximum atomic E-state index is 13.3. The molecule has 7 nitrogen and oxygen atoms in total. The van der Waals surface area contributed by atoms with Crippen molar-refractivity contribution in [2.75, 3.05) is 14.1 Å². The van der Waals surface area contributed by atoms with Crippen LogP contribution in [-0.2, 0) is 13.1 Å². The zero-order valence-corrected chi connectivity index (χ0v) is 16.5. The first-order chi connectivity index (χ1) is 13.9. The Labute approximate surface area is 167 Å². The quantitative estimate of drug-likeness (QED) is 0.534. The fraction of sp³-hybridized carbons (Fsp3) is 0.238. The van der Waals surface area contributed by atoms with Crippen LogP contribution in [0.25, 0.3) is 16.6 Å². The van der Waals surface area contributed by atoms with E-state index in [4.69, 9.17) is 0 Å². The molecule has 0 bridgehead atoms. The van der Waals surface area contributed by atoms with Crippen LogP contribution in [0.2, 0.25) is 0 Å². The van der Waals surface area contributed by atoms with E-state index in [9.17, 15) is 9.18 Å². The Kier molecular flexibility index (Phi) is 4.84. The minimum atomic E-state index is -0.305. The lowest BCUT2D eigenvalue weighted by Crippen LogP contribution is -2.38. The van der Waals surface area contributed by atoms with Gasteiger partial charge in [0.05, 0.1) is 12.1 Å². The molecule has 2 aromatic heterocycles.